The fourth-order valence-corrected chi connectivity index (χ4v) is 2.89. The summed E-state index contributed by atoms with van der Waals surface area (Å²) in [4.78, 5) is 4.22. The quantitative estimate of drug-likeness (QED) is 0.835. The number of nitrogens with zero attached hydrogens (tertiary/aromatic N) is 1. The van der Waals surface area contributed by atoms with Crippen LogP contribution in [0.25, 0.3) is 6.08 Å². The summed E-state index contributed by atoms with van der Waals surface area (Å²) < 4.78 is 30.4. The number of hydrogen-bond acceptors (Lipinski definition) is 4. The van der Waals surface area contributed by atoms with Gasteiger partial charge in [0.1, 0.15) is 5.76 Å². The number of nitrogens with one attached hydrogen (secondary N) is 1. The monoisotopic (exact) mass is 242 g/mol. The van der Waals surface area contributed by atoms with Gasteiger partial charge >= 0.3 is 0 Å². The third kappa shape index (κ3) is 2.33. The normalized spacial score (nSPS) is 24.4. The lowest BCUT2D eigenvalue weighted by atomic mass is 9.91. The van der Waals surface area contributed by atoms with Crippen LogP contribution in [0.2, 0.25) is 0 Å². The maximum absolute atomic E-state index is 11.2. The first-order chi connectivity index (χ1) is 7.27. The van der Waals surface area contributed by atoms with Gasteiger partial charge in [0.2, 0.25) is 10.0 Å². The zero-order chi connectivity index (χ0) is 12.0. The van der Waals surface area contributed by atoms with Crippen LogP contribution in [0, 0.1) is 6.92 Å². The van der Waals surface area contributed by atoms with E-state index in [1.165, 1.54) is 0 Å². The second-order valence-electron chi connectivity index (χ2n) is 4.35. The van der Waals surface area contributed by atoms with E-state index in [9.17, 15) is 8.42 Å². The smallest absolute Gasteiger partial charge is 0.209 e. The van der Waals surface area contributed by atoms with Crippen LogP contribution in [0.1, 0.15) is 24.3 Å². The summed E-state index contributed by atoms with van der Waals surface area (Å²) in [5, 5.41) is 0. The van der Waals surface area contributed by atoms with Crippen LogP contribution in [0.15, 0.2) is 10.5 Å². The highest BCUT2D eigenvalue weighted by Crippen LogP contribution is 2.26. The summed E-state index contributed by atoms with van der Waals surface area (Å²) in [6.45, 7) is 3.59. The van der Waals surface area contributed by atoms with E-state index in [1.54, 1.807) is 19.1 Å². The van der Waals surface area contributed by atoms with Crippen LogP contribution in [-0.4, -0.2) is 25.2 Å². The van der Waals surface area contributed by atoms with E-state index in [4.69, 9.17) is 4.42 Å². The van der Waals surface area contributed by atoms with Crippen LogP contribution < -0.4 is 4.72 Å². The molecule has 2 rings (SSSR count). The van der Waals surface area contributed by atoms with E-state index in [0.29, 0.717) is 18.1 Å². The van der Waals surface area contributed by atoms with Crippen molar-refractivity contribution >= 4 is 16.1 Å². The molecule has 1 aromatic rings. The Hall–Kier alpha value is -1.14. The SMILES string of the molecule is Cc1nc2c(o1)C=CC(C)(NS(C)(=O)=O)C2. The minimum Gasteiger partial charge on any atom is -0.441 e. The Kier molecular flexibility index (Phi) is 2.43. The van der Waals surface area contributed by atoms with Gasteiger partial charge in [-0.05, 0) is 13.0 Å². The molecule has 0 aromatic carbocycles. The Balaban J connectivity index is 2.30. The topological polar surface area (TPSA) is 72.2 Å². The molecular formula is C10H14N2O3S. The van der Waals surface area contributed by atoms with Crippen molar-refractivity contribution in [2.24, 2.45) is 0 Å². The van der Waals surface area contributed by atoms with Crippen molar-refractivity contribution in [3.63, 3.8) is 0 Å². The lowest BCUT2D eigenvalue weighted by molar-refractivity contribution is 0.478. The molecule has 1 unspecified atom stereocenters. The molecule has 1 atom stereocenters. The van der Waals surface area contributed by atoms with Crippen LogP contribution in [-0.2, 0) is 16.4 Å². The molecule has 0 saturated heterocycles. The molecule has 1 aliphatic carbocycles. The molecule has 16 heavy (non-hydrogen) atoms. The number of aromatic nitrogens is 1. The van der Waals surface area contributed by atoms with Crippen molar-refractivity contribution in [3.05, 3.63) is 23.4 Å². The minimum absolute atomic E-state index is 0.503. The van der Waals surface area contributed by atoms with Gasteiger partial charge < -0.3 is 4.42 Å². The molecule has 88 valence electrons. The van der Waals surface area contributed by atoms with E-state index < -0.39 is 15.6 Å². The van der Waals surface area contributed by atoms with Gasteiger partial charge in [-0.1, -0.05) is 6.08 Å². The summed E-state index contributed by atoms with van der Waals surface area (Å²) >= 11 is 0. The van der Waals surface area contributed by atoms with Gasteiger partial charge in [-0.15, -0.1) is 0 Å². The van der Waals surface area contributed by atoms with Crippen molar-refractivity contribution < 1.29 is 12.8 Å². The first kappa shape index (κ1) is 11.3. The molecule has 6 heteroatoms. The van der Waals surface area contributed by atoms with Gasteiger partial charge in [0.05, 0.1) is 17.5 Å². The second kappa shape index (κ2) is 3.43. The lowest BCUT2D eigenvalue weighted by Gasteiger charge is -2.27. The number of aryl methyl sites for hydroxylation is 1. The first-order valence-electron chi connectivity index (χ1n) is 4.92. The summed E-state index contributed by atoms with van der Waals surface area (Å²) in [6, 6.07) is 0. The van der Waals surface area contributed by atoms with Crippen molar-refractivity contribution in [1.29, 1.82) is 0 Å². The van der Waals surface area contributed by atoms with Crippen molar-refractivity contribution in [2.45, 2.75) is 25.8 Å². The minimum atomic E-state index is -3.24. The molecule has 0 saturated carbocycles. The van der Waals surface area contributed by atoms with E-state index >= 15 is 0 Å². The molecule has 0 amide bonds. The second-order valence-corrected chi connectivity index (χ2v) is 6.09. The first-order valence-corrected chi connectivity index (χ1v) is 6.81. The van der Waals surface area contributed by atoms with Crippen molar-refractivity contribution in [1.82, 2.24) is 9.71 Å². The number of rotatable bonds is 2. The van der Waals surface area contributed by atoms with Crippen LogP contribution in [0.5, 0.6) is 0 Å². The van der Waals surface area contributed by atoms with E-state index in [0.717, 1.165) is 11.9 Å². The van der Waals surface area contributed by atoms with Gasteiger partial charge in [-0.25, -0.2) is 18.1 Å². The number of fused-ring (bicyclic) bond motifs is 1. The Labute approximate surface area is 94.6 Å². The predicted octanol–water partition coefficient (Wildman–Crippen LogP) is 0.860. The predicted molar refractivity (Wildman–Crippen MR) is 60.4 cm³/mol. The van der Waals surface area contributed by atoms with Gasteiger partial charge in [-0.3, -0.25) is 0 Å². The molecule has 0 bridgehead atoms. The Morgan fingerprint density at radius 3 is 2.88 bits per heavy atom. The highest BCUT2D eigenvalue weighted by molar-refractivity contribution is 7.88. The number of sulfonamides is 1. The molecule has 1 aliphatic rings. The van der Waals surface area contributed by atoms with E-state index in [1.807, 2.05) is 6.92 Å². The molecule has 5 nitrogen and oxygen atoms in total. The van der Waals surface area contributed by atoms with E-state index in [2.05, 4.69) is 9.71 Å². The van der Waals surface area contributed by atoms with Gasteiger partial charge in [-0.2, -0.15) is 0 Å². The van der Waals surface area contributed by atoms with Crippen LogP contribution >= 0.6 is 0 Å². The Bertz CT molecular complexity index is 544. The fourth-order valence-electron chi connectivity index (χ4n) is 1.90. The third-order valence-electron chi connectivity index (χ3n) is 2.39. The summed E-state index contributed by atoms with van der Waals surface area (Å²) in [7, 11) is -3.24. The molecule has 0 aliphatic heterocycles. The van der Waals surface area contributed by atoms with Crippen LogP contribution in [0.4, 0.5) is 0 Å². The highest BCUT2D eigenvalue weighted by atomic mass is 32.2. The summed E-state index contributed by atoms with van der Waals surface area (Å²) in [5.74, 6) is 1.31. The molecule has 0 radical (unpaired) electrons. The molecule has 1 aromatic heterocycles. The zero-order valence-electron chi connectivity index (χ0n) is 9.44. The average Bonchev–Trinajstić information content (AvgIpc) is 2.39. The Morgan fingerprint density at radius 2 is 2.25 bits per heavy atom. The van der Waals surface area contributed by atoms with Crippen LogP contribution in [0.3, 0.4) is 0 Å². The maximum atomic E-state index is 11.2. The average molecular weight is 242 g/mol. The van der Waals surface area contributed by atoms with Crippen molar-refractivity contribution in [3.8, 4) is 0 Å². The molecular weight excluding hydrogens is 228 g/mol. The summed E-state index contributed by atoms with van der Waals surface area (Å²) in [6.07, 6.45) is 5.21. The Morgan fingerprint density at radius 1 is 1.56 bits per heavy atom. The largest absolute Gasteiger partial charge is 0.441 e. The zero-order valence-corrected chi connectivity index (χ0v) is 10.3. The standard InChI is InChI=1S/C10H14N2O3S/c1-7-11-8-6-10(2,12-16(3,13)14)5-4-9(8)15-7/h4-5,12H,6H2,1-3H3. The molecule has 0 fully saturated rings. The van der Waals surface area contributed by atoms with Gasteiger partial charge in [0.25, 0.3) is 0 Å². The fraction of sp³-hybridized carbons (Fsp3) is 0.500. The number of hydrogen-bond donors (Lipinski definition) is 1. The van der Waals surface area contributed by atoms with Gasteiger partial charge in [0.15, 0.2) is 5.89 Å². The van der Waals surface area contributed by atoms with Crippen molar-refractivity contribution in [2.75, 3.05) is 6.26 Å². The molecule has 1 heterocycles. The highest BCUT2D eigenvalue weighted by Gasteiger charge is 2.31. The van der Waals surface area contributed by atoms with Gasteiger partial charge in [0, 0.05) is 13.3 Å². The van der Waals surface area contributed by atoms with E-state index in [-0.39, 0.29) is 0 Å². The molecule has 1 N–H and O–H groups in total. The third-order valence-corrected chi connectivity index (χ3v) is 3.23. The maximum Gasteiger partial charge on any atom is 0.209 e. The lowest BCUT2D eigenvalue weighted by Crippen LogP contribution is -2.46. The number of oxazole rings is 1. The molecule has 0 spiro atoms. The summed E-state index contributed by atoms with van der Waals surface area (Å²) in [5.41, 5.74) is 0.169.